The molecule has 22 heavy (non-hydrogen) atoms. The molecule has 0 aliphatic heterocycles. The number of hydrogen-bond acceptors (Lipinski definition) is 3. The number of anilines is 2. The largest absolute Gasteiger partial charge is 0.435 e. The minimum Gasteiger partial charge on any atom is -0.435 e. The van der Waals surface area contributed by atoms with Gasteiger partial charge >= 0.3 is 12.6 Å². The lowest BCUT2D eigenvalue weighted by Crippen LogP contribution is -2.19. The number of carbonyl (C=O) groups is 1. The van der Waals surface area contributed by atoms with Crippen LogP contribution in [0.5, 0.6) is 5.75 Å². The van der Waals surface area contributed by atoms with E-state index in [4.69, 9.17) is 5.73 Å². The van der Waals surface area contributed by atoms with E-state index < -0.39 is 12.6 Å². The van der Waals surface area contributed by atoms with Crippen LogP contribution >= 0.6 is 0 Å². The number of carbonyl (C=O) groups excluding carboxylic acids is 1. The van der Waals surface area contributed by atoms with E-state index in [1.807, 2.05) is 6.07 Å². The molecule has 0 heterocycles. The maximum absolute atomic E-state index is 12.0. The fraction of sp³-hybridized carbons (Fsp3) is 0.133. The van der Waals surface area contributed by atoms with Crippen molar-refractivity contribution in [3.63, 3.8) is 0 Å². The molecule has 116 valence electrons. The van der Waals surface area contributed by atoms with Crippen LogP contribution in [-0.4, -0.2) is 12.6 Å². The van der Waals surface area contributed by atoms with Crippen LogP contribution in [-0.2, 0) is 6.54 Å². The molecule has 0 fully saturated rings. The summed E-state index contributed by atoms with van der Waals surface area (Å²) in [5.41, 5.74) is 7.49. The van der Waals surface area contributed by atoms with Gasteiger partial charge in [-0.2, -0.15) is 8.78 Å². The molecule has 0 aromatic heterocycles. The van der Waals surface area contributed by atoms with E-state index in [1.54, 1.807) is 18.2 Å². The molecule has 5 nitrogen and oxygen atoms in total. The minimum absolute atomic E-state index is 0.0246. The van der Waals surface area contributed by atoms with Crippen LogP contribution in [0.2, 0.25) is 0 Å². The maximum Gasteiger partial charge on any atom is 0.387 e. The number of urea groups is 1. The number of halogens is 2. The van der Waals surface area contributed by atoms with Gasteiger partial charge in [0.05, 0.1) is 0 Å². The summed E-state index contributed by atoms with van der Waals surface area (Å²) in [5.74, 6) is 0.0246. The number of benzene rings is 2. The minimum atomic E-state index is -2.88. The van der Waals surface area contributed by atoms with Crippen LogP contribution in [0, 0.1) is 0 Å². The second-order valence-corrected chi connectivity index (χ2v) is 4.39. The van der Waals surface area contributed by atoms with Gasteiger partial charge in [-0.15, -0.1) is 0 Å². The van der Waals surface area contributed by atoms with Crippen LogP contribution in [0.25, 0.3) is 0 Å². The van der Waals surface area contributed by atoms with E-state index in [9.17, 15) is 13.6 Å². The smallest absolute Gasteiger partial charge is 0.387 e. The fourth-order valence-corrected chi connectivity index (χ4v) is 1.79. The summed E-state index contributed by atoms with van der Waals surface area (Å²) in [6, 6.07) is 12.3. The van der Waals surface area contributed by atoms with Crippen molar-refractivity contribution in [2.24, 2.45) is 5.73 Å². The number of amides is 2. The van der Waals surface area contributed by atoms with Crippen LogP contribution in [0.4, 0.5) is 25.0 Å². The fourth-order valence-electron chi connectivity index (χ4n) is 1.79. The van der Waals surface area contributed by atoms with E-state index in [-0.39, 0.29) is 5.75 Å². The Balaban J connectivity index is 1.93. The third-order valence-corrected chi connectivity index (χ3v) is 2.76. The van der Waals surface area contributed by atoms with E-state index in [0.29, 0.717) is 17.9 Å². The number of alkyl halides is 2. The van der Waals surface area contributed by atoms with Gasteiger partial charge in [0.15, 0.2) is 0 Å². The molecule has 0 spiro atoms. The average Bonchev–Trinajstić information content (AvgIpc) is 2.49. The lowest BCUT2D eigenvalue weighted by molar-refractivity contribution is -0.0498. The van der Waals surface area contributed by atoms with Crippen LogP contribution in [0.1, 0.15) is 5.56 Å². The Hall–Kier alpha value is -2.67. The SMILES string of the molecule is NCc1cccc(NC(=O)Nc2ccc(OC(F)F)cc2)c1. The van der Waals surface area contributed by atoms with Gasteiger partial charge < -0.3 is 21.1 Å². The number of nitrogens with two attached hydrogens (primary N) is 1. The molecule has 0 saturated carbocycles. The second kappa shape index (κ2) is 7.37. The quantitative estimate of drug-likeness (QED) is 0.792. The van der Waals surface area contributed by atoms with Crippen molar-refractivity contribution < 1.29 is 18.3 Å². The zero-order chi connectivity index (χ0) is 15.9. The molecular formula is C15H15F2N3O2. The predicted octanol–water partition coefficient (Wildman–Crippen LogP) is 3.39. The Kier molecular flexibility index (Phi) is 5.26. The number of rotatable bonds is 5. The van der Waals surface area contributed by atoms with Crippen molar-refractivity contribution in [2.75, 3.05) is 10.6 Å². The molecule has 0 atom stereocenters. The van der Waals surface area contributed by atoms with Crippen LogP contribution in [0.15, 0.2) is 48.5 Å². The highest BCUT2D eigenvalue weighted by atomic mass is 19.3. The van der Waals surface area contributed by atoms with Gasteiger partial charge in [0.1, 0.15) is 5.75 Å². The molecule has 2 aromatic rings. The Morgan fingerprint density at radius 3 is 2.41 bits per heavy atom. The molecule has 0 bridgehead atoms. The molecule has 7 heteroatoms. The highest BCUT2D eigenvalue weighted by Gasteiger charge is 2.06. The van der Waals surface area contributed by atoms with E-state index in [2.05, 4.69) is 15.4 Å². The van der Waals surface area contributed by atoms with E-state index in [0.717, 1.165) is 5.56 Å². The van der Waals surface area contributed by atoms with Crippen molar-refractivity contribution in [1.29, 1.82) is 0 Å². The Morgan fingerprint density at radius 1 is 1.09 bits per heavy atom. The zero-order valence-electron chi connectivity index (χ0n) is 11.6. The lowest BCUT2D eigenvalue weighted by atomic mass is 10.2. The summed E-state index contributed by atoms with van der Waals surface area (Å²) in [4.78, 5) is 11.8. The summed E-state index contributed by atoms with van der Waals surface area (Å²) < 4.78 is 28.3. The maximum atomic E-state index is 12.0. The molecule has 2 rings (SSSR count). The standard InChI is InChI=1S/C15H15F2N3O2/c16-14(17)22-13-6-4-11(5-7-13)19-15(21)20-12-3-1-2-10(8-12)9-18/h1-8,14H,9,18H2,(H2,19,20,21). The normalized spacial score (nSPS) is 10.4. The van der Waals surface area contributed by atoms with Gasteiger partial charge in [0.25, 0.3) is 0 Å². The highest BCUT2D eigenvalue weighted by Crippen LogP contribution is 2.18. The summed E-state index contributed by atoms with van der Waals surface area (Å²) in [6.07, 6.45) is 0. The van der Waals surface area contributed by atoms with Gasteiger partial charge in [0.2, 0.25) is 0 Å². The van der Waals surface area contributed by atoms with E-state index in [1.165, 1.54) is 24.3 Å². The van der Waals surface area contributed by atoms with Crippen LogP contribution < -0.4 is 21.1 Å². The molecule has 0 aliphatic carbocycles. The number of nitrogens with one attached hydrogen (secondary N) is 2. The van der Waals surface area contributed by atoms with Crippen molar-refractivity contribution in [1.82, 2.24) is 0 Å². The van der Waals surface area contributed by atoms with Gasteiger partial charge in [-0.05, 0) is 42.0 Å². The van der Waals surface area contributed by atoms with Gasteiger partial charge in [-0.1, -0.05) is 12.1 Å². The summed E-state index contributed by atoms with van der Waals surface area (Å²) >= 11 is 0. The van der Waals surface area contributed by atoms with Gasteiger partial charge in [-0.3, -0.25) is 0 Å². The first kappa shape index (κ1) is 15.7. The predicted molar refractivity (Wildman–Crippen MR) is 80.0 cm³/mol. The van der Waals surface area contributed by atoms with E-state index >= 15 is 0 Å². The highest BCUT2D eigenvalue weighted by molar-refractivity contribution is 5.99. The molecular weight excluding hydrogens is 292 g/mol. The molecule has 4 N–H and O–H groups in total. The molecule has 0 unspecified atom stereocenters. The topological polar surface area (TPSA) is 76.4 Å². The summed E-state index contributed by atoms with van der Waals surface area (Å²) in [5, 5.41) is 5.24. The number of ether oxygens (including phenoxy) is 1. The average molecular weight is 307 g/mol. The zero-order valence-corrected chi connectivity index (χ0v) is 11.6. The second-order valence-electron chi connectivity index (χ2n) is 4.39. The van der Waals surface area contributed by atoms with Crippen molar-refractivity contribution in [3.05, 3.63) is 54.1 Å². The van der Waals surface area contributed by atoms with Gasteiger partial charge in [0, 0.05) is 17.9 Å². The molecule has 2 amide bonds. The third-order valence-electron chi connectivity index (χ3n) is 2.76. The lowest BCUT2D eigenvalue weighted by Gasteiger charge is -2.09. The van der Waals surface area contributed by atoms with Crippen molar-refractivity contribution in [3.8, 4) is 5.75 Å². The van der Waals surface area contributed by atoms with Crippen molar-refractivity contribution in [2.45, 2.75) is 13.2 Å². The number of hydrogen-bond donors (Lipinski definition) is 3. The first-order valence-corrected chi connectivity index (χ1v) is 6.48. The molecule has 0 aliphatic rings. The van der Waals surface area contributed by atoms with Gasteiger partial charge in [-0.25, -0.2) is 4.79 Å². The van der Waals surface area contributed by atoms with Crippen molar-refractivity contribution >= 4 is 17.4 Å². The Morgan fingerprint density at radius 2 is 1.77 bits per heavy atom. The summed E-state index contributed by atoms with van der Waals surface area (Å²) in [6.45, 7) is -2.50. The molecule has 0 saturated heterocycles. The van der Waals surface area contributed by atoms with Crippen LogP contribution in [0.3, 0.4) is 0 Å². The first-order chi connectivity index (χ1) is 10.6. The third kappa shape index (κ3) is 4.71. The Labute approximate surface area is 126 Å². The molecule has 2 aromatic carbocycles. The molecule has 0 radical (unpaired) electrons. The summed E-state index contributed by atoms with van der Waals surface area (Å²) in [7, 11) is 0. The first-order valence-electron chi connectivity index (χ1n) is 6.48. The Bertz CT molecular complexity index is 633. The monoisotopic (exact) mass is 307 g/mol.